The number of aryl methyl sites for hydroxylation is 1. The molecule has 2 saturated heterocycles. The molecule has 7 nitrogen and oxygen atoms in total. The first kappa shape index (κ1) is 21.8. The minimum absolute atomic E-state index is 0.0440. The lowest BCUT2D eigenvalue weighted by Gasteiger charge is -2.32. The number of likely N-dealkylation sites (tertiary alicyclic amines) is 1. The van der Waals surface area contributed by atoms with Gasteiger partial charge in [0.1, 0.15) is 0 Å². The van der Waals surface area contributed by atoms with Gasteiger partial charge in [0, 0.05) is 24.7 Å². The van der Waals surface area contributed by atoms with E-state index in [4.69, 9.17) is 10.1 Å². The zero-order valence-electron chi connectivity index (χ0n) is 19.5. The van der Waals surface area contributed by atoms with Crippen LogP contribution in [0.2, 0.25) is 0 Å². The van der Waals surface area contributed by atoms with Gasteiger partial charge in [-0.2, -0.15) is 5.10 Å². The van der Waals surface area contributed by atoms with Crippen molar-refractivity contribution in [2.24, 2.45) is 0 Å². The summed E-state index contributed by atoms with van der Waals surface area (Å²) in [6, 6.07) is 12.3. The maximum atomic E-state index is 13.8. The lowest BCUT2D eigenvalue weighted by molar-refractivity contribution is 0.0714. The van der Waals surface area contributed by atoms with Gasteiger partial charge in [-0.1, -0.05) is 30.3 Å². The van der Waals surface area contributed by atoms with E-state index >= 15 is 0 Å². The van der Waals surface area contributed by atoms with E-state index in [1.165, 1.54) is 5.56 Å². The van der Waals surface area contributed by atoms with Crippen molar-refractivity contribution in [2.45, 2.75) is 56.9 Å². The Kier molecular flexibility index (Phi) is 5.24. The number of pyridine rings is 1. The van der Waals surface area contributed by atoms with E-state index in [-0.39, 0.29) is 23.5 Å². The van der Waals surface area contributed by atoms with Gasteiger partial charge in [-0.05, 0) is 56.6 Å². The highest BCUT2D eigenvalue weighted by Gasteiger charge is 2.35. The summed E-state index contributed by atoms with van der Waals surface area (Å²) in [5.74, 6) is 1.19. The average Bonchev–Trinajstić information content (AvgIpc) is 3.57. The molecule has 1 saturated carbocycles. The number of sulfone groups is 1. The van der Waals surface area contributed by atoms with Crippen molar-refractivity contribution < 1.29 is 13.2 Å². The molecule has 0 N–H and O–H groups in total. The Labute approximate surface area is 200 Å². The van der Waals surface area contributed by atoms with Gasteiger partial charge in [-0.3, -0.25) is 4.79 Å². The van der Waals surface area contributed by atoms with Crippen molar-refractivity contribution in [1.82, 2.24) is 19.7 Å². The molecule has 6 rings (SSSR count). The van der Waals surface area contributed by atoms with Gasteiger partial charge in [0.05, 0.1) is 34.2 Å². The fraction of sp³-hybridized carbons (Fsp3) is 0.500. The highest BCUT2D eigenvalue weighted by molar-refractivity contribution is 7.91. The second-order valence-corrected chi connectivity index (χ2v) is 12.4. The van der Waals surface area contributed by atoms with Crippen LogP contribution >= 0.6 is 0 Å². The molecule has 0 bridgehead atoms. The molecule has 1 aromatic carbocycles. The number of rotatable bonds is 4. The number of carbonyl (C=O) groups is 1. The number of fused-ring (bicyclic) bond motifs is 1. The van der Waals surface area contributed by atoms with Gasteiger partial charge >= 0.3 is 0 Å². The molecule has 4 heterocycles. The van der Waals surface area contributed by atoms with Crippen LogP contribution in [0.1, 0.15) is 77.3 Å². The molecule has 3 aliphatic rings. The number of benzene rings is 1. The smallest absolute Gasteiger partial charge is 0.254 e. The second kappa shape index (κ2) is 8.18. The van der Waals surface area contributed by atoms with Crippen molar-refractivity contribution in [2.75, 3.05) is 24.6 Å². The number of nitrogens with zero attached hydrogens (tertiary/aromatic N) is 4. The highest BCUT2D eigenvalue weighted by atomic mass is 32.2. The molecule has 1 atom stereocenters. The van der Waals surface area contributed by atoms with Gasteiger partial charge in [-0.25, -0.2) is 18.1 Å². The highest BCUT2D eigenvalue weighted by Crippen LogP contribution is 2.41. The molecule has 1 aliphatic carbocycles. The molecule has 2 aromatic heterocycles. The minimum atomic E-state index is -3.05. The molecule has 2 aliphatic heterocycles. The molecule has 1 amide bonds. The number of aromatic nitrogens is 3. The maximum absolute atomic E-state index is 13.8. The van der Waals surface area contributed by atoms with E-state index in [0.29, 0.717) is 29.5 Å². The molecule has 34 heavy (non-hydrogen) atoms. The Hall–Kier alpha value is -2.74. The normalized spacial score (nSPS) is 23.0. The molecule has 3 fully saturated rings. The molecule has 8 heteroatoms. The lowest BCUT2D eigenvalue weighted by Crippen LogP contribution is -2.38. The molecule has 0 spiro atoms. The number of amides is 1. The van der Waals surface area contributed by atoms with Crippen molar-refractivity contribution in [3.05, 3.63) is 58.9 Å². The predicted molar refractivity (Wildman–Crippen MR) is 131 cm³/mol. The topological polar surface area (TPSA) is 85.2 Å². The third kappa shape index (κ3) is 3.91. The monoisotopic (exact) mass is 478 g/mol. The molecule has 3 aromatic rings. The molecular weight excluding hydrogens is 448 g/mol. The van der Waals surface area contributed by atoms with Crippen LogP contribution in [-0.2, 0) is 9.84 Å². The lowest BCUT2D eigenvalue weighted by atomic mass is 9.89. The first-order valence-corrected chi connectivity index (χ1v) is 14.2. The van der Waals surface area contributed by atoms with Crippen molar-refractivity contribution in [1.29, 1.82) is 0 Å². The third-order valence-electron chi connectivity index (χ3n) is 7.69. The van der Waals surface area contributed by atoms with Crippen molar-refractivity contribution in [3.63, 3.8) is 0 Å². The van der Waals surface area contributed by atoms with Crippen LogP contribution in [0.25, 0.3) is 11.0 Å². The van der Waals surface area contributed by atoms with Crippen LogP contribution in [0.3, 0.4) is 0 Å². The average molecular weight is 479 g/mol. The Balaban J connectivity index is 1.33. The Bertz CT molecular complexity index is 1350. The third-order valence-corrected chi connectivity index (χ3v) is 9.44. The SMILES string of the molecule is Cc1nn(C2CCS(=O)(=O)C2)c2nc(C3CC3)cc(C(=O)N3CCC(c4ccccc4)CC3)c12. The van der Waals surface area contributed by atoms with Crippen LogP contribution < -0.4 is 0 Å². The largest absolute Gasteiger partial charge is 0.339 e. The summed E-state index contributed by atoms with van der Waals surface area (Å²) in [6.45, 7) is 3.36. The van der Waals surface area contributed by atoms with Crippen molar-refractivity contribution >= 4 is 26.8 Å². The Morgan fingerprint density at radius 1 is 1.00 bits per heavy atom. The number of piperidine rings is 1. The van der Waals surface area contributed by atoms with Gasteiger partial charge in [-0.15, -0.1) is 0 Å². The zero-order valence-corrected chi connectivity index (χ0v) is 20.3. The van der Waals surface area contributed by atoms with Gasteiger partial charge < -0.3 is 4.90 Å². The number of hydrogen-bond acceptors (Lipinski definition) is 5. The Morgan fingerprint density at radius 2 is 1.74 bits per heavy atom. The van der Waals surface area contributed by atoms with E-state index < -0.39 is 9.84 Å². The van der Waals surface area contributed by atoms with E-state index in [0.717, 1.165) is 55.5 Å². The molecule has 0 radical (unpaired) electrons. The van der Waals surface area contributed by atoms with Crippen LogP contribution in [0.5, 0.6) is 0 Å². The number of hydrogen-bond donors (Lipinski definition) is 0. The summed E-state index contributed by atoms with van der Waals surface area (Å²) in [7, 11) is -3.05. The summed E-state index contributed by atoms with van der Waals surface area (Å²) in [4.78, 5) is 20.7. The van der Waals surface area contributed by atoms with Crippen LogP contribution in [-0.4, -0.2) is 58.6 Å². The van der Waals surface area contributed by atoms with Gasteiger partial charge in [0.25, 0.3) is 5.91 Å². The summed E-state index contributed by atoms with van der Waals surface area (Å²) >= 11 is 0. The van der Waals surface area contributed by atoms with E-state index in [9.17, 15) is 13.2 Å². The molecule has 1 unspecified atom stereocenters. The zero-order chi connectivity index (χ0) is 23.4. The fourth-order valence-corrected chi connectivity index (χ4v) is 7.32. The minimum Gasteiger partial charge on any atom is -0.339 e. The molecule has 178 valence electrons. The first-order chi connectivity index (χ1) is 16.4. The summed E-state index contributed by atoms with van der Waals surface area (Å²) in [5.41, 5.74) is 4.38. The standard InChI is InChI=1S/C26H30N4O3S/c1-17-24-22(26(31)29-12-9-19(10-13-29)18-5-3-2-4-6-18)15-23(20-7-8-20)27-25(24)30(28-17)21-11-14-34(32,33)16-21/h2-6,15,19-21H,7-14,16H2,1H3. The van der Waals surface area contributed by atoms with Crippen LogP contribution in [0, 0.1) is 6.92 Å². The predicted octanol–water partition coefficient (Wildman–Crippen LogP) is 4.00. The quantitative estimate of drug-likeness (QED) is 0.566. The van der Waals surface area contributed by atoms with E-state index in [1.807, 2.05) is 24.0 Å². The van der Waals surface area contributed by atoms with E-state index in [1.54, 1.807) is 4.68 Å². The van der Waals surface area contributed by atoms with Crippen LogP contribution in [0.4, 0.5) is 0 Å². The fourth-order valence-electron chi connectivity index (χ4n) is 5.62. The van der Waals surface area contributed by atoms with Crippen molar-refractivity contribution in [3.8, 4) is 0 Å². The molecular formula is C26H30N4O3S. The summed E-state index contributed by atoms with van der Waals surface area (Å²) in [6.07, 6.45) is 4.62. The van der Waals surface area contributed by atoms with E-state index in [2.05, 4.69) is 24.3 Å². The van der Waals surface area contributed by atoms with Gasteiger partial charge in [0.2, 0.25) is 0 Å². The summed E-state index contributed by atoms with van der Waals surface area (Å²) in [5, 5.41) is 5.50. The number of carbonyl (C=O) groups excluding carboxylic acids is 1. The maximum Gasteiger partial charge on any atom is 0.254 e. The first-order valence-electron chi connectivity index (χ1n) is 12.3. The van der Waals surface area contributed by atoms with Gasteiger partial charge in [0.15, 0.2) is 15.5 Å². The second-order valence-electron chi connectivity index (χ2n) is 10.1. The summed E-state index contributed by atoms with van der Waals surface area (Å²) < 4.78 is 26.1. The van der Waals surface area contributed by atoms with Crippen LogP contribution in [0.15, 0.2) is 36.4 Å². The Morgan fingerprint density at radius 3 is 2.38 bits per heavy atom.